The zero-order valence-corrected chi connectivity index (χ0v) is 9.84. The lowest BCUT2D eigenvalue weighted by Crippen LogP contribution is -2.15. The van der Waals surface area contributed by atoms with Crippen LogP contribution in [0.4, 0.5) is 5.69 Å². The molecule has 88 valence electrons. The molecule has 0 fully saturated rings. The number of aromatic carboxylic acids is 1. The lowest BCUT2D eigenvalue weighted by atomic mass is 10.1. The van der Waals surface area contributed by atoms with Crippen molar-refractivity contribution in [3.05, 3.63) is 29.3 Å². The summed E-state index contributed by atoms with van der Waals surface area (Å²) in [6.45, 7) is 3.16. The highest BCUT2D eigenvalue weighted by Gasteiger charge is 2.11. The van der Waals surface area contributed by atoms with Crippen LogP contribution in [-0.4, -0.2) is 25.2 Å². The highest BCUT2D eigenvalue weighted by Crippen LogP contribution is 2.16. The predicted molar refractivity (Wildman–Crippen MR) is 61.2 cm³/mol. The number of sulfonamides is 1. The Morgan fingerprint density at radius 2 is 2.06 bits per heavy atom. The first-order valence-corrected chi connectivity index (χ1v) is 6.35. The molecule has 0 spiro atoms. The molecule has 0 aliphatic rings. The van der Waals surface area contributed by atoms with Gasteiger partial charge in [0.25, 0.3) is 0 Å². The van der Waals surface area contributed by atoms with Crippen molar-refractivity contribution in [1.82, 2.24) is 0 Å². The summed E-state index contributed by atoms with van der Waals surface area (Å²) in [4.78, 5) is 10.8. The first-order valence-electron chi connectivity index (χ1n) is 4.70. The SMILES string of the molecule is CCS(=O)(=O)Nc1ccc(C)c(C(=O)O)c1. The Bertz CT molecular complexity index is 508. The van der Waals surface area contributed by atoms with Crippen molar-refractivity contribution >= 4 is 21.7 Å². The molecule has 0 saturated carbocycles. The Morgan fingerprint density at radius 3 is 2.56 bits per heavy atom. The van der Waals surface area contributed by atoms with Crippen LogP contribution >= 0.6 is 0 Å². The number of aryl methyl sites for hydroxylation is 1. The molecule has 1 aromatic carbocycles. The average Bonchev–Trinajstić information content (AvgIpc) is 2.20. The van der Waals surface area contributed by atoms with Gasteiger partial charge < -0.3 is 5.11 Å². The van der Waals surface area contributed by atoms with Crippen LogP contribution in [0.25, 0.3) is 0 Å². The molecule has 1 aromatic rings. The summed E-state index contributed by atoms with van der Waals surface area (Å²) in [5.74, 6) is -1.13. The van der Waals surface area contributed by atoms with Crippen molar-refractivity contribution in [1.29, 1.82) is 0 Å². The van der Waals surface area contributed by atoms with Crippen molar-refractivity contribution < 1.29 is 18.3 Å². The zero-order valence-electron chi connectivity index (χ0n) is 9.02. The van der Waals surface area contributed by atoms with Gasteiger partial charge in [-0.2, -0.15) is 0 Å². The number of carbonyl (C=O) groups is 1. The van der Waals surface area contributed by atoms with Gasteiger partial charge in [0, 0.05) is 5.69 Å². The van der Waals surface area contributed by atoms with Gasteiger partial charge in [0.05, 0.1) is 11.3 Å². The Balaban J connectivity index is 3.09. The third-order valence-electron chi connectivity index (χ3n) is 2.12. The van der Waals surface area contributed by atoms with Crippen LogP contribution in [0.3, 0.4) is 0 Å². The number of rotatable bonds is 4. The van der Waals surface area contributed by atoms with E-state index in [0.29, 0.717) is 5.56 Å². The molecule has 0 atom stereocenters. The van der Waals surface area contributed by atoms with E-state index < -0.39 is 16.0 Å². The van der Waals surface area contributed by atoms with Gasteiger partial charge in [0.15, 0.2) is 0 Å². The van der Waals surface area contributed by atoms with Crippen LogP contribution in [-0.2, 0) is 10.0 Å². The fraction of sp³-hybridized carbons (Fsp3) is 0.300. The largest absolute Gasteiger partial charge is 0.478 e. The Morgan fingerprint density at radius 1 is 1.44 bits per heavy atom. The van der Waals surface area contributed by atoms with E-state index in [1.165, 1.54) is 19.1 Å². The molecule has 0 aliphatic heterocycles. The molecule has 1 rings (SSSR count). The summed E-state index contributed by atoms with van der Waals surface area (Å²) in [6, 6.07) is 4.41. The van der Waals surface area contributed by atoms with Crippen LogP contribution in [0.1, 0.15) is 22.8 Å². The number of anilines is 1. The monoisotopic (exact) mass is 243 g/mol. The number of hydrogen-bond acceptors (Lipinski definition) is 3. The van der Waals surface area contributed by atoms with Gasteiger partial charge in [-0.1, -0.05) is 6.07 Å². The molecule has 0 heterocycles. The minimum absolute atomic E-state index is 0.0523. The van der Waals surface area contributed by atoms with E-state index in [9.17, 15) is 13.2 Å². The molecule has 0 aliphatic carbocycles. The van der Waals surface area contributed by atoms with E-state index in [1.54, 1.807) is 13.0 Å². The fourth-order valence-electron chi connectivity index (χ4n) is 1.17. The van der Waals surface area contributed by atoms with E-state index in [4.69, 9.17) is 5.11 Å². The van der Waals surface area contributed by atoms with Crippen molar-refractivity contribution in [2.24, 2.45) is 0 Å². The predicted octanol–water partition coefficient (Wildman–Crippen LogP) is 1.45. The molecule has 0 saturated heterocycles. The van der Waals surface area contributed by atoms with Crippen molar-refractivity contribution in [3.8, 4) is 0 Å². The molecule has 6 heteroatoms. The standard InChI is InChI=1S/C10H13NO4S/c1-3-16(14,15)11-8-5-4-7(2)9(6-8)10(12)13/h4-6,11H,3H2,1-2H3,(H,12,13). The molecule has 5 nitrogen and oxygen atoms in total. The molecule has 0 unspecified atom stereocenters. The average molecular weight is 243 g/mol. The van der Waals surface area contributed by atoms with Gasteiger partial charge in [0.2, 0.25) is 10.0 Å². The Kier molecular flexibility index (Phi) is 3.54. The molecule has 16 heavy (non-hydrogen) atoms. The highest BCUT2D eigenvalue weighted by atomic mass is 32.2. The molecule has 2 N–H and O–H groups in total. The Labute approximate surface area is 94.2 Å². The second-order valence-corrected chi connectivity index (χ2v) is 5.35. The second kappa shape index (κ2) is 4.52. The minimum Gasteiger partial charge on any atom is -0.478 e. The van der Waals surface area contributed by atoms with Crippen molar-refractivity contribution in [3.63, 3.8) is 0 Å². The summed E-state index contributed by atoms with van der Waals surface area (Å²) in [6.07, 6.45) is 0. The van der Waals surface area contributed by atoms with Crippen LogP contribution in [0, 0.1) is 6.92 Å². The lowest BCUT2D eigenvalue weighted by Gasteiger charge is -2.08. The van der Waals surface area contributed by atoms with Gasteiger partial charge in [-0.15, -0.1) is 0 Å². The first-order chi connectivity index (χ1) is 7.35. The topological polar surface area (TPSA) is 83.5 Å². The van der Waals surface area contributed by atoms with E-state index in [1.807, 2.05) is 0 Å². The summed E-state index contributed by atoms with van der Waals surface area (Å²) in [5.41, 5.74) is 0.952. The quantitative estimate of drug-likeness (QED) is 0.838. The van der Waals surface area contributed by atoms with E-state index in [2.05, 4.69) is 4.72 Å². The molecule has 0 aromatic heterocycles. The van der Waals surface area contributed by atoms with Crippen LogP contribution in [0.5, 0.6) is 0 Å². The maximum Gasteiger partial charge on any atom is 0.336 e. The van der Waals surface area contributed by atoms with Crippen LogP contribution in [0.2, 0.25) is 0 Å². The third-order valence-corrected chi connectivity index (χ3v) is 3.43. The minimum atomic E-state index is -3.37. The van der Waals surface area contributed by atoms with Crippen molar-refractivity contribution in [2.45, 2.75) is 13.8 Å². The number of carboxylic acids is 1. The van der Waals surface area contributed by atoms with E-state index in [0.717, 1.165) is 0 Å². The van der Waals surface area contributed by atoms with Gasteiger partial charge >= 0.3 is 5.97 Å². The molecule has 0 amide bonds. The highest BCUT2D eigenvalue weighted by molar-refractivity contribution is 7.92. The van der Waals surface area contributed by atoms with Crippen LogP contribution < -0.4 is 4.72 Å². The summed E-state index contributed by atoms with van der Waals surface area (Å²) in [5, 5.41) is 8.87. The third kappa shape index (κ3) is 2.96. The molecule has 0 radical (unpaired) electrons. The lowest BCUT2D eigenvalue weighted by molar-refractivity contribution is 0.0696. The number of hydrogen-bond donors (Lipinski definition) is 2. The first kappa shape index (κ1) is 12.5. The normalized spacial score (nSPS) is 11.1. The summed E-state index contributed by atoms with van der Waals surface area (Å²) < 4.78 is 24.9. The summed E-state index contributed by atoms with van der Waals surface area (Å²) in [7, 11) is -3.37. The molecule has 0 bridgehead atoms. The molecular weight excluding hydrogens is 230 g/mol. The van der Waals surface area contributed by atoms with E-state index >= 15 is 0 Å². The van der Waals surface area contributed by atoms with Gasteiger partial charge in [0.1, 0.15) is 0 Å². The number of carboxylic acid groups (broad SMARTS) is 1. The maximum atomic E-state index is 11.3. The zero-order chi connectivity index (χ0) is 12.3. The van der Waals surface area contributed by atoms with Gasteiger partial charge in [-0.3, -0.25) is 4.72 Å². The Hall–Kier alpha value is -1.56. The summed E-state index contributed by atoms with van der Waals surface area (Å²) >= 11 is 0. The maximum absolute atomic E-state index is 11.3. The van der Waals surface area contributed by atoms with Crippen molar-refractivity contribution in [2.75, 3.05) is 10.5 Å². The van der Waals surface area contributed by atoms with E-state index in [-0.39, 0.29) is 17.0 Å². The second-order valence-electron chi connectivity index (χ2n) is 3.34. The smallest absolute Gasteiger partial charge is 0.336 e. The van der Waals surface area contributed by atoms with Gasteiger partial charge in [-0.05, 0) is 31.5 Å². The van der Waals surface area contributed by atoms with Crippen LogP contribution in [0.15, 0.2) is 18.2 Å². The molecular formula is C10H13NO4S. The fourth-order valence-corrected chi connectivity index (χ4v) is 1.80. The van der Waals surface area contributed by atoms with Gasteiger partial charge in [-0.25, -0.2) is 13.2 Å². The number of nitrogens with one attached hydrogen (secondary N) is 1. The number of benzene rings is 1.